The molecule has 2 saturated carbocycles. The number of hydrogen-bond acceptors (Lipinski definition) is 4. The van der Waals surface area contributed by atoms with Gasteiger partial charge in [-0.3, -0.25) is 4.79 Å². The first-order chi connectivity index (χ1) is 14.6. The molecule has 1 spiro atoms. The van der Waals surface area contributed by atoms with E-state index in [4.69, 9.17) is 9.47 Å². The van der Waals surface area contributed by atoms with Gasteiger partial charge in [0.25, 0.3) is 0 Å². The summed E-state index contributed by atoms with van der Waals surface area (Å²) in [4.78, 5) is 16.1. The van der Waals surface area contributed by atoms with Crippen molar-refractivity contribution in [3.8, 4) is 0 Å². The molecule has 2 aromatic rings. The SMILES string of the molecule is C[C@]12CCC[C@]3(CO3)[C@H]1C[C@@H]1[C@H](CNCCc3c[nH]c4ccccc34)C(=O)O[C@@H]1C2. The topological polar surface area (TPSA) is 66.6 Å². The van der Waals surface area contributed by atoms with Gasteiger partial charge in [0.2, 0.25) is 0 Å². The first kappa shape index (κ1) is 18.9. The van der Waals surface area contributed by atoms with Gasteiger partial charge < -0.3 is 19.8 Å². The zero-order chi connectivity index (χ0) is 20.3. The fourth-order valence-electron chi connectivity index (χ4n) is 7.01. The van der Waals surface area contributed by atoms with Crippen LogP contribution in [0.5, 0.6) is 0 Å². The van der Waals surface area contributed by atoms with Crippen LogP contribution in [0.3, 0.4) is 0 Å². The predicted molar refractivity (Wildman–Crippen MR) is 115 cm³/mol. The van der Waals surface area contributed by atoms with Crippen molar-refractivity contribution in [3.05, 3.63) is 36.0 Å². The fourth-order valence-corrected chi connectivity index (χ4v) is 7.01. The first-order valence-corrected chi connectivity index (χ1v) is 11.7. The maximum Gasteiger partial charge on any atom is 0.310 e. The summed E-state index contributed by atoms with van der Waals surface area (Å²) in [5.41, 5.74) is 2.90. The Hall–Kier alpha value is -1.85. The van der Waals surface area contributed by atoms with Crippen LogP contribution in [0.4, 0.5) is 0 Å². The van der Waals surface area contributed by atoms with Crippen LogP contribution in [0.15, 0.2) is 30.5 Å². The predicted octanol–water partition coefficient (Wildman–Crippen LogP) is 3.83. The van der Waals surface area contributed by atoms with E-state index in [9.17, 15) is 4.79 Å². The Balaban J connectivity index is 1.10. The van der Waals surface area contributed by atoms with Crippen LogP contribution < -0.4 is 5.32 Å². The lowest BCUT2D eigenvalue weighted by Crippen LogP contribution is -2.51. The van der Waals surface area contributed by atoms with Gasteiger partial charge in [0, 0.05) is 29.6 Å². The third-order valence-corrected chi connectivity index (χ3v) is 8.69. The number of aromatic amines is 1. The summed E-state index contributed by atoms with van der Waals surface area (Å²) in [6.07, 6.45) is 8.96. The van der Waals surface area contributed by atoms with Crippen molar-refractivity contribution in [2.45, 2.75) is 57.2 Å². The van der Waals surface area contributed by atoms with Crippen molar-refractivity contribution in [2.24, 2.45) is 23.2 Å². The van der Waals surface area contributed by atoms with Crippen molar-refractivity contribution >= 4 is 16.9 Å². The minimum atomic E-state index is -0.0137. The standard InChI is InChI=1S/C25H32N2O3/c1-24-8-4-9-25(15-29-25)22(24)11-18-19(23(28)30-21(18)12-24)14-26-10-7-16-13-27-20-6-3-2-5-17(16)20/h2-3,5-6,13,18-19,21-22,26-27H,4,7-12,14-15H2,1H3/t18-,19+,21-,22+,24-,25+/m1/s1. The molecule has 0 amide bonds. The molecule has 3 heterocycles. The van der Waals surface area contributed by atoms with Crippen molar-refractivity contribution in [1.29, 1.82) is 0 Å². The van der Waals surface area contributed by atoms with E-state index in [1.807, 2.05) is 0 Å². The van der Waals surface area contributed by atoms with Gasteiger partial charge >= 0.3 is 5.97 Å². The quantitative estimate of drug-likeness (QED) is 0.448. The van der Waals surface area contributed by atoms with E-state index in [0.717, 1.165) is 39.0 Å². The normalized spacial score (nSPS) is 39.7. The molecule has 30 heavy (non-hydrogen) atoms. The molecule has 1 aromatic carbocycles. The highest BCUT2D eigenvalue weighted by Crippen LogP contribution is 2.62. The van der Waals surface area contributed by atoms with E-state index >= 15 is 0 Å². The summed E-state index contributed by atoms with van der Waals surface area (Å²) in [7, 11) is 0. The van der Waals surface area contributed by atoms with Crippen LogP contribution in [0.25, 0.3) is 10.9 Å². The second-order valence-electron chi connectivity index (χ2n) is 10.4. The highest BCUT2D eigenvalue weighted by atomic mass is 16.6. The number of nitrogens with one attached hydrogen (secondary N) is 2. The molecular formula is C25H32N2O3. The average Bonchev–Trinajstić information content (AvgIpc) is 3.27. The summed E-state index contributed by atoms with van der Waals surface area (Å²) >= 11 is 0. The van der Waals surface area contributed by atoms with Gasteiger partial charge in [-0.25, -0.2) is 0 Å². The van der Waals surface area contributed by atoms with E-state index < -0.39 is 0 Å². The Morgan fingerprint density at radius 1 is 1.27 bits per heavy atom. The Kier molecular flexibility index (Phi) is 4.30. The molecule has 1 aromatic heterocycles. The first-order valence-electron chi connectivity index (χ1n) is 11.7. The smallest absolute Gasteiger partial charge is 0.310 e. The number of benzene rings is 1. The van der Waals surface area contributed by atoms with Gasteiger partial charge in [0.1, 0.15) is 6.10 Å². The zero-order valence-corrected chi connectivity index (χ0v) is 17.8. The lowest BCUT2D eigenvalue weighted by molar-refractivity contribution is -0.147. The molecule has 2 aliphatic heterocycles. The summed E-state index contributed by atoms with van der Waals surface area (Å²) in [5, 5.41) is 4.86. The van der Waals surface area contributed by atoms with Crippen LogP contribution in [0.1, 0.15) is 44.6 Å². The zero-order valence-electron chi connectivity index (χ0n) is 17.8. The van der Waals surface area contributed by atoms with Gasteiger partial charge in [0.15, 0.2) is 0 Å². The second kappa shape index (κ2) is 6.83. The number of H-pyrrole nitrogens is 1. The van der Waals surface area contributed by atoms with E-state index in [2.05, 4.69) is 47.7 Å². The molecule has 0 bridgehead atoms. The molecule has 6 atom stereocenters. The Labute approximate surface area is 177 Å². The summed E-state index contributed by atoms with van der Waals surface area (Å²) < 4.78 is 11.9. The highest BCUT2D eigenvalue weighted by Gasteiger charge is 2.64. The molecule has 5 nitrogen and oxygen atoms in total. The number of carbonyl (C=O) groups excluding carboxylic acids is 1. The summed E-state index contributed by atoms with van der Waals surface area (Å²) in [6, 6.07) is 8.42. The van der Waals surface area contributed by atoms with Crippen LogP contribution >= 0.6 is 0 Å². The number of aromatic nitrogens is 1. The van der Waals surface area contributed by atoms with Crippen molar-refractivity contribution in [3.63, 3.8) is 0 Å². The maximum absolute atomic E-state index is 12.7. The monoisotopic (exact) mass is 408 g/mol. The van der Waals surface area contributed by atoms with Gasteiger partial charge in [-0.15, -0.1) is 0 Å². The third-order valence-electron chi connectivity index (χ3n) is 8.69. The van der Waals surface area contributed by atoms with Crippen LogP contribution in [-0.2, 0) is 20.7 Å². The molecule has 0 unspecified atom stereocenters. The number of rotatable bonds is 5. The molecule has 5 heteroatoms. The van der Waals surface area contributed by atoms with Crippen molar-refractivity contribution < 1.29 is 14.3 Å². The summed E-state index contributed by atoms with van der Waals surface area (Å²) in [5.74, 6) is 0.927. The van der Waals surface area contributed by atoms with E-state index in [1.165, 1.54) is 35.7 Å². The Morgan fingerprint density at radius 3 is 3.00 bits per heavy atom. The molecule has 2 saturated heterocycles. The fraction of sp³-hybridized carbons (Fsp3) is 0.640. The van der Waals surface area contributed by atoms with E-state index in [0.29, 0.717) is 11.8 Å². The van der Waals surface area contributed by atoms with E-state index in [1.54, 1.807) is 0 Å². The molecule has 160 valence electrons. The molecule has 6 rings (SSSR count). The van der Waals surface area contributed by atoms with E-state index in [-0.39, 0.29) is 29.0 Å². The van der Waals surface area contributed by atoms with Crippen LogP contribution in [0.2, 0.25) is 0 Å². The minimum absolute atomic E-state index is 0.0117. The largest absolute Gasteiger partial charge is 0.462 e. The number of fused-ring (bicyclic) bond motifs is 4. The second-order valence-corrected chi connectivity index (χ2v) is 10.4. The Morgan fingerprint density at radius 2 is 2.13 bits per heavy atom. The van der Waals surface area contributed by atoms with Crippen molar-refractivity contribution in [1.82, 2.24) is 10.3 Å². The minimum Gasteiger partial charge on any atom is -0.462 e. The number of esters is 1. The lowest BCUT2D eigenvalue weighted by Gasteiger charge is -2.51. The van der Waals surface area contributed by atoms with Gasteiger partial charge in [0.05, 0.1) is 18.1 Å². The average molecular weight is 409 g/mol. The number of ether oxygens (including phenoxy) is 2. The molecule has 0 radical (unpaired) electrons. The van der Waals surface area contributed by atoms with Gasteiger partial charge in [-0.1, -0.05) is 25.1 Å². The summed E-state index contributed by atoms with van der Waals surface area (Å²) in [6.45, 7) is 4.93. The highest BCUT2D eigenvalue weighted by molar-refractivity contribution is 5.83. The lowest BCUT2D eigenvalue weighted by atomic mass is 9.53. The van der Waals surface area contributed by atoms with Crippen LogP contribution in [-0.4, -0.2) is 42.4 Å². The number of carbonyl (C=O) groups is 1. The van der Waals surface area contributed by atoms with Crippen molar-refractivity contribution in [2.75, 3.05) is 19.7 Å². The number of hydrogen-bond donors (Lipinski definition) is 2. The third kappa shape index (κ3) is 2.93. The van der Waals surface area contributed by atoms with Crippen LogP contribution in [0, 0.1) is 23.2 Å². The molecule has 4 fully saturated rings. The molecule has 2 N–H and O–H groups in total. The number of para-hydroxylation sites is 1. The van der Waals surface area contributed by atoms with Gasteiger partial charge in [-0.05, 0) is 68.0 Å². The molecular weight excluding hydrogens is 376 g/mol. The number of epoxide rings is 1. The molecule has 4 aliphatic rings. The maximum atomic E-state index is 12.7. The molecule has 2 aliphatic carbocycles. The Bertz CT molecular complexity index is 964. The van der Waals surface area contributed by atoms with Gasteiger partial charge in [-0.2, -0.15) is 0 Å².